The summed E-state index contributed by atoms with van der Waals surface area (Å²) in [4.78, 5) is 19.7. The SMILES string of the molecule is CN(C)CCN1CCC2(CC1)CC(=O)N(c1ccoc1)c1ccccc12. The highest BCUT2D eigenvalue weighted by atomic mass is 16.3. The van der Waals surface area contributed by atoms with E-state index in [1.807, 2.05) is 17.0 Å². The highest BCUT2D eigenvalue weighted by molar-refractivity contribution is 6.04. The zero-order chi connectivity index (χ0) is 18.1. The van der Waals surface area contributed by atoms with Crippen molar-refractivity contribution in [3.63, 3.8) is 0 Å². The van der Waals surface area contributed by atoms with E-state index in [1.165, 1.54) is 5.56 Å². The van der Waals surface area contributed by atoms with Crippen molar-refractivity contribution in [1.29, 1.82) is 0 Å². The number of piperidine rings is 1. The van der Waals surface area contributed by atoms with Gasteiger partial charge in [-0.15, -0.1) is 0 Å². The molecule has 1 saturated heterocycles. The van der Waals surface area contributed by atoms with E-state index in [0.29, 0.717) is 6.42 Å². The van der Waals surface area contributed by atoms with Gasteiger partial charge in [0, 0.05) is 31.0 Å². The minimum atomic E-state index is -0.0253. The number of nitrogens with zero attached hydrogens (tertiary/aromatic N) is 3. The molecule has 2 aliphatic rings. The molecule has 2 aliphatic heterocycles. The van der Waals surface area contributed by atoms with Gasteiger partial charge in [-0.2, -0.15) is 0 Å². The van der Waals surface area contributed by atoms with Gasteiger partial charge in [0.1, 0.15) is 6.26 Å². The fourth-order valence-electron chi connectivity index (χ4n) is 4.37. The molecule has 1 spiro atoms. The molecule has 26 heavy (non-hydrogen) atoms. The van der Waals surface area contributed by atoms with Crippen LogP contribution >= 0.6 is 0 Å². The lowest BCUT2D eigenvalue weighted by Gasteiger charge is -2.47. The molecule has 138 valence electrons. The van der Waals surface area contributed by atoms with Crippen LogP contribution in [0.5, 0.6) is 0 Å². The number of anilines is 2. The van der Waals surface area contributed by atoms with Crippen LogP contribution in [-0.4, -0.2) is 56.0 Å². The van der Waals surface area contributed by atoms with Gasteiger partial charge in [-0.1, -0.05) is 18.2 Å². The minimum absolute atomic E-state index is 0.0253. The fraction of sp³-hybridized carbons (Fsp3) is 0.476. The van der Waals surface area contributed by atoms with E-state index in [4.69, 9.17) is 4.42 Å². The van der Waals surface area contributed by atoms with Gasteiger partial charge >= 0.3 is 0 Å². The first-order valence-corrected chi connectivity index (χ1v) is 9.41. The Bertz CT molecular complexity index is 761. The molecule has 4 rings (SSSR count). The lowest BCUT2D eigenvalue weighted by atomic mass is 9.67. The normalized spacial score (nSPS) is 20.0. The number of furan rings is 1. The van der Waals surface area contributed by atoms with Crippen molar-refractivity contribution in [2.75, 3.05) is 45.2 Å². The number of benzene rings is 1. The summed E-state index contributed by atoms with van der Waals surface area (Å²) in [5.74, 6) is 0.173. The summed E-state index contributed by atoms with van der Waals surface area (Å²) in [6, 6.07) is 10.3. The second-order valence-electron chi connectivity index (χ2n) is 7.83. The van der Waals surface area contributed by atoms with Crippen molar-refractivity contribution >= 4 is 17.3 Å². The van der Waals surface area contributed by atoms with Crippen LogP contribution < -0.4 is 4.90 Å². The zero-order valence-corrected chi connectivity index (χ0v) is 15.6. The van der Waals surface area contributed by atoms with Crippen LogP contribution in [0.3, 0.4) is 0 Å². The number of rotatable bonds is 4. The van der Waals surface area contributed by atoms with Crippen molar-refractivity contribution in [1.82, 2.24) is 9.80 Å². The molecule has 0 atom stereocenters. The summed E-state index contributed by atoms with van der Waals surface area (Å²) in [6.45, 7) is 4.29. The van der Waals surface area contributed by atoms with Crippen molar-refractivity contribution in [3.8, 4) is 0 Å². The Morgan fingerprint density at radius 2 is 1.92 bits per heavy atom. The predicted octanol–water partition coefficient (Wildman–Crippen LogP) is 3.24. The van der Waals surface area contributed by atoms with Crippen LogP contribution in [0, 0.1) is 0 Å². The highest BCUT2D eigenvalue weighted by Crippen LogP contribution is 2.48. The molecule has 1 fully saturated rings. The van der Waals surface area contributed by atoms with Gasteiger partial charge in [0.2, 0.25) is 5.91 Å². The number of carbonyl (C=O) groups is 1. The molecule has 5 nitrogen and oxygen atoms in total. The van der Waals surface area contributed by atoms with E-state index in [9.17, 15) is 4.79 Å². The molecular formula is C21H27N3O2. The molecular weight excluding hydrogens is 326 g/mol. The summed E-state index contributed by atoms with van der Waals surface area (Å²) < 4.78 is 5.22. The van der Waals surface area contributed by atoms with E-state index in [1.54, 1.807) is 12.5 Å². The van der Waals surface area contributed by atoms with Gasteiger partial charge < -0.3 is 14.2 Å². The molecule has 3 heterocycles. The average Bonchev–Trinajstić information content (AvgIpc) is 3.15. The highest BCUT2D eigenvalue weighted by Gasteiger charge is 2.45. The molecule has 2 aromatic rings. The lowest BCUT2D eigenvalue weighted by molar-refractivity contribution is -0.120. The Labute approximate surface area is 155 Å². The topological polar surface area (TPSA) is 39.9 Å². The maximum Gasteiger partial charge on any atom is 0.232 e. The first-order valence-electron chi connectivity index (χ1n) is 9.41. The van der Waals surface area contributed by atoms with Gasteiger partial charge in [0.15, 0.2) is 0 Å². The molecule has 5 heteroatoms. The molecule has 0 aliphatic carbocycles. The van der Waals surface area contributed by atoms with Gasteiger partial charge in [0.05, 0.1) is 17.6 Å². The smallest absolute Gasteiger partial charge is 0.232 e. The maximum atomic E-state index is 13.1. The third-order valence-corrected chi connectivity index (χ3v) is 5.90. The van der Waals surface area contributed by atoms with Crippen molar-refractivity contribution in [2.24, 2.45) is 0 Å². The van der Waals surface area contributed by atoms with E-state index >= 15 is 0 Å². The fourth-order valence-corrected chi connectivity index (χ4v) is 4.37. The molecule has 0 unspecified atom stereocenters. The maximum absolute atomic E-state index is 13.1. The molecule has 0 bridgehead atoms. The lowest BCUT2D eigenvalue weighted by Crippen LogP contribution is -2.49. The van der Waals surface area contributed by atoms with Crippen LogP contribution in [0.25, 0.3) is 0 Å². The van der Waals surface area contributed by atoms with E-state index in [-0.39, 0.29) is 11.3 Å². The van der Waals surface area contributed by atoms with Crippen LogP contribution in [-0.2, 0) is 10.2 Å². The molecule has 1 amide bonds. The second kappa shape index (κ2) is 6.89. The monoisotopic (exact) mass is 353 g/mol. The second-order valence-corrected chi connectivity index (χ2v) is 7.83. The molecule has 1 aromatic carbocycles. The summed E-state index contributed by atoms with van der Waals surface area (Å²) >= 11 is 0. The average molecular weight is 353 g/mol. The number of hydrogen-bond acceptors (Lipinski definition) is 4. The number of carbonyl (C=O) groups excluding carboxylic acids is 1. The van der Waals surface area contributed by atoms with Gasteiger partial charge in [-0.05, 0) is 51.7 Å². The number of likely N-dealkylation sites (N-methyl/N-ethyl adjacent to an activating group) is 1. The first-order chi connectivity index (χ1) is 12.6. The van der Waals surface area contributed by atoms with Gasteiger partial charge in [-0.25, -0.2) is 0 Å². The van der Waals surface area contributed by atoms with Crippen LogP contribution in [0.15, 0.2) is 47.3 Å². The Balaban J connectivity index is 1.61. The third kappa shape index (κ3) is 3.06. The summed E-state index contributed by atoms with van der Waals surface area (Å²) in [5, 5.41) is 0. The number of amides is 1. The summed E-state index contributed by atoms with van der Waals surface area (Å²) in [5.41, 5.74) is 3.13. The van der Waals surface area contributed by atoms with Crippen LogP contribution in [0.1, 0.15) is 24.8 Å². The summed E-state index contributed by atoms with van der Waals surface area (Å²) in [7, 11) is 4.23. The van der Waals surface area contributed by atoms with E-state index < -0.39 is 0 Å². The quantitative estimate of drug-likeness (QED) is 0.846. The molecule has 1 aromatic heterocycles. The predicted molar refractivity (Wildman–Crippen MR) is 103 cm³/mol. The Morgan fingerprint density at radius 3 is 2.62 bits per heavy atom. The van der Waals surface area contributed by atoms with Crippen molar-refractivity contribution in [3.05, 3.63) is 48.4 Å². The zero-order valence-electron chi connectivity index (χ0n) is 15.6. The number of hydrogen-bond donors (Lipinski definition) is 0. The largest absolute Gasteiger partial charge is 0.470 e. The molecule has 0 N–H and O–H groups in total. The van der Waals surface area contributed by atoms with Gasteiger partial charge in [0.25, 0.3) is 0 Å². The Hall–Kier alpha value is -2.11. The molecule has 0 radical (unpaired) electrons. The molecule has 0 saturated carbocycles. The Kier molecular flexibility index (Phi) is 4.59. The van der Waals surface area contributed by atoms with E-state index in [0.717, 1.165) is 50.4 Å². The van der Waals surface area contributed by atoms with Gasteiger partial charge in [-0.3, -0.25) is 9.69 Å². The van der Waals surface area contributed by atoms with Crippen LogP contribution in [0.2, 0.25) is 0 Å². The van der Waals surface area contributed by atoms with E-state index in [2.05, 4.69) is 42.1 Å². The summed E-state index contributed by atoms with van der Waals surface area (Å²) in [6.07, 6.45) is 5.94. The van der Waals surface area contributed by atoms with Crippen molar-refractivity contribution in [2.45, 2.75) is 24.7 Å². The Morgan fingerprint density at radius 1 is 1.15 bits per heavy atom. The third-order valence-electron chi connectivity index (χ3n) is 5.90. The number of para-hydroxylation sites is 1. The number of likely N-dealkylation sites (tertiary alicyclic amines) is 1. The van der Waals surface area contributed by atoms with Crippen LogP contribution in [0.4, 0.5) is 11.4 Å². The minimum Gasteiger partial charge on any atom is -0.470 e. The number of fused-ring (bicyclic) bond motifs is 2. The first kappa shape index (κ1) is 17.3. The standard InChI is InChI=1S/C21H27N3O2/c1-22(2)12-13-23-10-8-21(9-11-23)15-20(25)24(17-7-14-26-16-17)19-6-4-3-5-18(19)21/h3-7,14,16H,8-13,15H2,1-2H3. The van der Waals surface area contributed by atoms with Crippen molar-refractivity contribution < 1.29 is 9.21 Å².